The first-order valence-corrected chi connectivity index (χ1v) is 6.15. The molecule has 1 aliphatic rings. The Morgan fingerprint density at radius 3 is 3.00 bits per heavy atom. The van der Waals surface area contributed by atoms with E-state index in [1.165, 1.54) is 12.1 Å². The molecule has 98 valence electrons. The molecule has 18 heavy (non-hydrogen) atoms. The second kappa shape index (κ2) is 5.02. The van der Waals surface area contributed by atoms with Gasteiger partial charge in [0.2, 0.25) is 5.91 Å². The van der Waals surface area contributed by atoms with Gasteiger partial charge in [-0.05, 0) is 18.9 Å². The normalized spacial score (nSPS) is 19.1. The minimum Gasteiger partial charge on any atom is -0.397 e. The van der Waals surface area contributed by atoms with E-state index in [2.05, 4.69) is 5.32 Å². The number of nitrogen functional groups attached to an aromatic ring is 1. The number of anilines is 2. The van der Waals surface area contributed by atoms with Gasteiger partial charge in [-0.15, -0.1) is 0 Å². The summed E-state index contributed by atoms with van der Waals surface area (Å²) in [6, 6.07) is 2.38. The van der Waals surface area contributed by atoms with E-state index in [-0.39, 0.29) is 17.0 Å². The first-order valence-electron chi connectivity index (χ1n) is 5.77. The summed E-state index contributed by atoms with van der Waals surface area (Å²) < 4.78 is 13.5. The Hall–Kier alpha value is -1.49. The molecule has 0 spiro atoms. The molecular weight excluding hydrogens is 257 g/mol. The lowest BCUT2D eigenvalue weighted by atomic mass is 10.1. The SMILES string of the molecule is CNC(=O)C1CCCN1c1cc(F)c(Cl)cc1N. The van der Waals surface area contributed by atoms with Crippen LogP contribution < -0.4 is 16.0 Å². The lowest BCUT2D eigenvalue weighted by Gasteiger charge is -2.26. The molecule has 1 atom stereocenters. The molecule has 1 unspecified atom stereocenters. The maximum atomic E-state index is 13.5. The fourth-order valence-corrected chi connectivity index (χ4v) is 2.47. The molecule has 1 aromatic carbocycles. The highest BCUT2D eigenvalue weighted by Crippen LogP contribution is 2.33. The first-order chi connectivity index (χ1) is 8.54. The number of halogens is 2. The Balaban J connectivity index is 2.36. The quantitative estimate of drug-likeness (QED) is 0.806. The molecule has 1 aromatic rings. The zero-order chi connectivity index (χ0) is 13.3. The Morgan fingerprint density at radius 1 is 1.61 bits per heavy atom. The summed E-state index contributed by atoms with van der Waals surface area (Å²) in [5.41, 5.74) is 6.77. The molecule has 0 saturated carbocycles. The van der Waals surface area contributed by atoms with Crippen LogP contribution in [-0.2, 0) is 4.79 Å². The molecule has 1 amide bonds. The highest BCUT2D eigenvalue weighted by atomic mass is 35.5. The molecule has 0 aromatic heterocycles. The summed E-state index contributed by atoms with van der Waals surface area (Å²) in [6.07, 6.45) is 1.62. The molecule has 1 aliphatic heterocycles. The van der Waals surface area contributed by atoms with E-state index in [4.69, 9.17) is 17.3 Å². The molecule has 0 bridgehead atoms. The van der Waals surface area contributed by atoms with E-state index in [9.17, 15) is 9.18 Å². The summed E-state index contributed by atoms with van der Waals surface area (Å²) in [6.45, 7) is 0.684. The topological polar surface area (TPSA) is 58.4 Å². The molecule has 1 saturated heterocycles. The fourth-order valence-electron chi connectivity index (χ4n) is 2.29. The smallest absolute Gasteiger partial charge is 0.242 e. The Bertz CT molecular complexity index is 481. The van der Waals surface area contributed by atoms with Crippen LogP contribution in [0.3, 0.4) is 0 Å². The van der Waals surface area contributed by atoms with Crippen LogP contribution in [0.5, 0.6) is 0 Å². The first kappa shape index (κ1) is 13.0. The van der Waals surface area contributed by atoms with Crippen molar-refractivity contribution in [1.82, 2.24) is 5.32 Å². The molecule has 1 fully saturated rings. The molecular formula is C12H15ClFN3O. The third-order valence-corrected chi connectivity index (χ3v) is 3.47. The van der Waals surface area contributed by atoms with Crippen LogP contribution in [-0.4, -0.2) is 25.5 Å². The zero-order valence-corrected chi connectivity index (χ0v) is 10.8. The van der Waals surface area contributed by atoms with Crippen molar-refractivity contribution in [3.8, 4) is 0 Å². The third-order valence-electron chi connectivity index (χ3n) is 3.18. The number of nitrogens with zero attached hydrogens (tertiary/aromatic N) is 1. The van der Waals surface area contributed by atoms with Crippen molar-refractivity contribution in [2.24, 2.45) is 0 Å². The summed E-state index contributed by atoms with van der Waals surface area (Å²) >= 11 is 5.67. The summed E-state index contributed by atoms with van der Waals surface area (Å²) in [5, 5.41) is 2.60. The lowest BCUT2D eigenvalue weighted by molar-refractivity contribution is -0.121. The minimum atomic E-state index is -0.525. The zero-order valence-electron chi connectivity index (χ0n) is 10.0. The average molecular weight is 272 g/mol. The van der Waals surface area contributed by atoms with E-state index in [1.807, 2.05) is 4.90 Å². The van der Waals surface area contributed by atoms with Crippen LogP contribution in [0.4, 0.5) is 15.8 Å². The highest BCUT2D eigenvalue weighted by Gasteiger charge is 2.31. The highest BCUT2D eigenvalue weighted by molar-refractivity contribution is 6.31. The number of nitrogens with one attached hydrogen (secondary N) is 1. The maximum Gasteiger partial charge on any atom is 0.242 e. The Labute approximate surface area is 110 Å². The lowest BCUT2D eigenvalue weighted by Crippen LogP contribution is -2.42. The van der Waals surface area contributed by atoms with E-state index in [0.29, 0.717) is 17.9 Å². The summed E-state index contributed by atoms with van der Waals surface area (Å²) in [4.78, 5) is 13.6. The molecule has 0 aliphatic carbocycles. The number of likely N-dealkylation sites (N-methyl/N-ethyl adjacent to an activating group) is 1. The number of rotatable bonds is 2. The van der Waals surface area contributed by atoms with Crippen molar-refractivity contribution < 1.29 is 9.18 Å². The monoisotopic (exact) mass is 271 g/mol. The van der Waals surface area contributed by atoms with E-state index < -0.39 is 5.82 Å². The van der Waals surface area contributed by atoms with E-state index >= 15 is 0 Å². The molecule has 6 heteroatoms. The van der Waals surface area contributed by atoms with Gasteiger partial charge in [0.25, 0.3) is 0 Å². The van der Waals surface area contributed by atoms with Crippen molar-refractivity contribution in [3.63, 3.8) is 0 Å². The van der Waals surface area contributed by atoms with Crippen LogP contribution in [0, 0.1) is 5.82 Å². The molecule has 4 nitrogen and oxygen atoms in total. The number of hydrogen-bond acceptors (Lipinski definition) is 3. The average Bonchev–Trinajstić information content (AvgIpc) is 2.81. The fraction of sp³-hybridized carbons (Fsp3) is 0.417. The van der Waals surface area contributed by atoms with Crippen molar-refractivity contribution in [3.05, 3.63) is 23.0 Å². The van der Waals surface area contributed by atoms with Gasteiger partial charge >= 0.3 is 0 Å². The summed E-state index contributed by atoms with van der Waals surface area (Å²) in [5.74, 6) is -0.606. The van der Waals surface area contributed by atoms with Gasteiger partial charge in [0.15, 0.2) is 0 Å². The second-order valence-electron chi connectivity index (χ2n) is 4.29. The van der Waals surface area contributed by atoms with Gasteiger partial charge < -0.3 is 16.0 Å². The Morgan fingerprint density at radius 2 is 2.33 bits per heavy atom. The number of hydrogen-bond donors (Lipinski definition) is 2. The summed E-state index contributed by atoms with van der Waals surface area (Å²) in [7, 11) is 1.59. The number of carbonyl (C=O) groups is 1. The van der Waals surface area contributed by atoms with E-state index in [0.717, 1.165) is 12.8 Å². The number of amides is 1. The van der Waals surface area contributed by atoms with Gasteiger partial charge in [-0.1, -0.05) is 11.6 Å². The van der Waals surface area contributed by atoms with Crippen LogP contribution in [0.2, 0.25) is 5.02 Å². The van der Waals surface area contributed by atoms with Crippen molar-refractivity contribution in [2.75, 3.05) is 24.2 Å². The van der Waals surface area contributed by atoms with Gasteiger partial charge in [-0.2, -0.15) is 0 Å². The number of benzene rings is 1. The third kappa shape index (κ3) is 2.22. The predicted molar refractivity (Wildman–Crippen MR) is 70.3 cm³/mol. The van der Waals surface area contributed by atoms with Crippen molar-refractivity contribution >= 4 is 28.9 Å². The van der Waals surface area contributed by atoms with Crippen molar-refractivity contribution in [2.45, 2.75) is 18.9 Å². The largest absolute Gasteiger partial charge is 0.397 e. The molecule has 1 heterocycles. The molecule has 3 N–H and O–H groups in total. The van der Waals surface area contributed by atoms with Gasteiger partial charge in [-0.3, -0.25) is 4.79 Å². The molecule has 0 radical (unpaired) electrons. The Kier molecular flexibility index (Phi) is 3.61. The van der Waals surface area contributed by atoms with Crippen LogP contribution in [0.1, 0.15) is 12.8 Å². The van der Waals surface area contributed by atoms with Gasteiger partial charge in [0.1, 0.15) is 11.9 Å². The van der Waals surface area contributed by atoms with Gasteiger partial charge in [0, 0.05) is 19.7 Å². The minimum absolute atomic E-state index is 0.00746. The number of nitrogens with two attached hydrogens (primary N) is 1. The van der Waals surface area contributed by atoms with Crippen LogP contribution >= 0.6 is 11.6 Å². The van der Waals surface area contributed by atoms with Crippen LogP contribution in [0.15, 0.2) is 12.1 Å². The second-order valence-corrected chi connectivity index (χ2v) is 4.70. The standard InChI is InChI=1S/C12H15ClFN3O/c1-16-12(18)10-3-2-4-17(10)11-6-8(14)7(13)5-9(11)15/h5-6,10H,2-4,15H2,1H3,(H,16,18). The molecule has 2 rings (SSSR count). The van der Waals surface area contributed by atoms with E-state index in [1.54, 1.807) is 7.05 Å². The van der Waals surface area contributed by atoms with Gasteiger partial charge in [0.05, 0.1) is 16.4 Å². The maximum absolute atomic E-state index is 13.5. The van der Waals surface area contributed by atoms with Crippen molar-refractivity contribution in [1.29, 1.82) is 0 Å². The predicted octanol–water partition coefficient (Wildman–Crippen LogP) is 1.78. The van der Waals surface area contributed by atoms with Gasteiger partial charge in [-0.25, -0.2) is 4.39 Å². The number of carbonyl (C=O) groups excluding carboxylic acids is 1. The van der Waals surface area contributed by atoms with Crippen LogP contribution in [0.25, 0.3) is 0 Å².